The first-order valence-corrected chi connectivity index (χ1v) is 8.16. The number of hydrogen-bond acceptors (Lipinski definition) is 3. The second-order valence-corrected chi connectivity index (χ2v) is 6.16. The van der Waals surface area contributed by atoms with E-state index in [1.165, 1.54) is 0 Å². The van der Waals surface area contributed by atoms with Crippen LogP contribution in [0.25, 0.3) is 0 Å². The number of amides is 3. The van der Waals surface area contributed by atoms with Crippen LogP contribution in [0.1, 0.15) is 24.5 Å². The molecule has 23 heavy (non-hydrogen) atoms. The molecule has 0 aliphatic carbocycles. The molecule has 2 aliphatic heterocycles. The van der Waals surface area contributed by atoms with E-state index in [-0.39, 0.29) is 17.9 Å². The van der Waals surface area contributed by atoms with Crippen molar-refractivity contribution in [1.29, 1.82) is 0 Å². The molecule has 6 nitrogen and oxygen atoms in total. The highest BCUT2D eigenvalue weighted by Crippen LogP contribution is 2.32. The highest BCUT2D eigenvalue weighted by Gasteiger charge is 2.26. The van der Waals surface area contributed by atoms with E-state index in [1.807, 2.05) is 26.0 Å². The molecule has 6 heteroatoms. The van der Waals surface area contributed by atoms with Crippen LogP contribution in [-0.4, -0.2) is 43.1 Å². The van der Waals surface area contributed by atoms with Crippen molar-refractivity contribution in [2.45, 2.75) is 26.7 Å². The number of anilines is 2. The second kappa shape index (κ2) is 6.58. The standard InChI is InChI=1S/C17H23N3O3/c1-3-12-9-13-10-14(8-11(2)15(13)19-16(12)21)18-17(22)20-4-6-23-7-5-20/h8,10,12H,3-7,9H2,1-2H3,(H,18,22)(H,19,21). The molecule has 1 saturated heterocycles. The fourth-order valence-electron chi connectivity index (χ4n) is 3.15. The van der Waals surface area contributed by atoms with Crippen molar-refractivity contribution < 1.29 is 14.3 Å². The number of nitrogens with one attached hydrogen (secondary N) is 2. The lowest BCUT2D eigenvalue weighted by atomic mass is 9.89. The maximum Gasteiger partial charge on any atom is 0.321 e. The monoisotopic (exact) mass is 317 g/mol. The molecule has 0 bridgehead atoms. The minimum Gasteiger partial charge on any atom is -0.378 e. The maximum absolute atomic E-state index is 12.3. The topological polar surface area (TPSA) is 70.7 Å². The summed E-state index contributed by atoms with van der Waals surface area (Å²) in [5, 5.41) is 5.96. The highest BCUT2D eigenvalue weighted by atomic mass is 16.5. The predicted octanol–water partition coefficient (Wildman–Crippen LogP) is 2.38. The zero-order valence-electron chi connectivity index (χ0n) is 13.6. The van der Waals surface area contributed by atoms with Crippen molar-refractivity contribution in [1.82, 2.24) is 4.90 Å². The molecule has 1 unspecified atom stereocenters. The Morgan fingerprint density at radius 2 is 2.13 bits per heavy atom. The Hall–Kier alpha value is -2.08. The SMILES string of the molecule is CCC1Cc2cc(NC(=O)N3CCOCC3)cc(C)c2NC1=O. The van der Waals surface area contributed by atoms with Crippen LogP contribution in [0.5, 0.6) is 0 Å². The molecular weight excluding hydrogens is 294 g/mol. The molecular formula is C17H23N3O3. The minimum absolute atomic E-state index is 0.00657. The van der Waals surface area contributed by atoms with E-state index >= 15 is 0 Å². The van der Waals surface area contributed by atoms with E-state index in [2.05, 4.69) is 10.6 Å². The van der Waals surface area contributed by atoms with Gasteiger partial charge in [-0.15, -0.1) is 0 Å². The van der Waals surface area contributed by atoms with Crippen LogP contribution in [0, 0.1) is 12.8 Å². The Kier molecular flexibility index (Phi) is 4.52. The Labute approximate surface area is 136 Å². The Bertz CT molecular complexity index is 624. The van der Waals surface area contributed by atoms with Gasteiger partial charge >= 0.3 is 6.03 Å². The van der Waals surface area contributed by atoms with Crippen LogP contribution in [-0.2, 0) is 16.0 Å². The quantitative estimate of drug-likeness (QED) is 0.880. The summed E-state index contributed by atoms with van der Waals surface area (Å²) in [5.74, 6) is 0.0975. The highest BCUT2D eigenvalue weighted by molar-refractivity contribution is 5.98. The number of morpholine rings is 1. The van der Waals surface area contributed by atoms with Gasteiger partial charge in [0.05, 0.1) is 13.2 Å². The Morgan fingerprint density at radius 3 is 2.83 bits per heavy atom. The van der Waals surface area contributed by atoms with Gasteiger partial charge < -0.3 is 20.3 Å². The summed E-state index contributed by atoms with van der Waals surface area (Å²) in [6.45, 7) is 6.37. The number of hydrogen-bond donors (Lipinski definition) is 2. The first-order chi connectivity index (χ1) is 11.1. The fourth-order valence-corrected chi connectivity index (χ4v) is 3.15. The average molecular weight is 317 g/mol. The smallest absolute Gasteiger partial charge is 0.321 e. The number of ether oxygens (including phenoxy) is 1. The molecule has 1 fully saturated rings. The van der Waals surface area contributed by atoms with E-state index in [0.717, 1.165) is 35.3 Å². The van der Waals surface area contributed by atoms with Gasteiger partial charge in [-0.05, 0) is 43.0 Å². The van der Waals surface area contributed by atoms with E-state index in [9.17, 15) is 9.59 Å². The molecule has 0 aromatic heterocycles. The third kappa shape index (κ3) is 3.32. The summed E-state index contributed by atoms with van der Waals surface area (Å²) in [6, 6.07) is 3.78. The first kappa shape index (κ1) is 15.8. The van der Waals surface area contributed by atoms with Crippen LogP contribution >= 0.6 is 0 Å². The number of carbonyl (C=O) groups excluding carboxylic acids is 2. The summed E-state index contributed by atoms with van der Waals surface area (Å²) in [5.41, 5.74) is 3.74. The van der Waals surface area contributed by atoms with Crippen molar-refractivity contribution in [2.75, 3.05) is 36.9 Å². The van der Waals surface area contributed by atoms with Gasteiger partial charge in [0.25, 0.3) is 0 Å². The number of rotatable bonds is 2. The molecule has 124 valence electrons. The Morgan fingerprint density at radius 1 is 1.39 bits per heavy atom. The van der Waals surface area contributed by atoms with Crippen molar-refractivity contribution in [2.24, 2.45) is 5.92 Å². The molecule has 1 atom stereocenters. The fraction of sp³-hybridized carbons (Fsp3) is 0.529. The summed E-state index contributed by atoms with van der Waals surface area (Å²) in [4.78, 5) is 26.1. The first-order valence-electron chi connectivity index (χ1n) is 8.16. The lowest BCUT2D eigenvalue weighted by molar-refractivity contribution is -0.120. The molecule has 2 heterocycles. The molecule has 0 saturated carbocycles. The lowest BCUT2D eigenvalue weighted by Crippen LogP contribution is -2.43. The van der Waals surface area contributed by atoms with Crippen molar-refractivity contribution in [3.05, 3.63) is 23.3 Å². The van der Waals surface area contributed by atoms with Crippen molar-refractivity contribution >= 4 is 23.3 Å². The zero-order chi connectivity index (χ0) is 16.4. The van der Waals surface area contributed by atoms with Crippen LogP contribution in [0.2, 0.25) is 0 Å². The van der Waals surface area contributed by atoms with Gasteiger partial charge in [-0.25, -0.2) is 4.79 Å². The minimum atomic E-state index is -0.0977. The van der Waals surface area contributed by atoms with Crippen molar-refractivity contribution in [3.8, 4) is 0 Å². The summed E-state index contributed by atoms with van der Waals surface area (Å²) in [7, 11) is 0. The van der Waals surface area contributed by atoms with Gasteiger partial charge in [-0.1, -0.05) is 6.92 Å². The van der Waals surface area contributed by atoms with E-state index < -0.39 is 0 Å². The lowest BCUT2D eigenvalue weighted by Gasteiger charge is -2.28. The third-order valence-corrected chi connectivity index (χ3v) is 4.54. The van der Waals surface area contributed by atoms with Crippen LogP contribution < -0.4 is 10.6 Å². The number of nitrogens with zero attached hydrogens (tertiary/aromatic N) is 1. The molecule has 3 rings (SSSR count). The third-order valence-electron chi connectivity index (χ3n) is 4.54. The largest absolute Gasteiger partial charge is 0.378 e. The number of benzene rings is 1. The van der Waals surface area contributed by atoms with Crippen molar-refractivity contribution in [3.63, 3.8) is 0 Å². The van der Waals surface area contributed by atoms with Crippen LogP contribution in [0.4, 0.5) is 16.2 Å². The number of urea groups is 1. The molecule has 0 radical (unpaired) electrons. The molecule has 2 N–H and O–H groups in total. The van der Waals surface area contributed by atoms with E-state index in [1.54, 1.807) is 4.90 Å². The van der Waals surface area contributed by atoms with Gasteiger partial charge in [0, 0.05) is 30.4 Å². The molecule has 0 spiro atoms. The summed E-state index contributed by atoms with van der Waals surface area (Å²) in [6.07, 6.45) is 1.54. The number of carbonyl (C=O) groups is 2. The normalized spacial score (nSPS) is 20.7. The average Bonchev–Trinajstić information content (AvgIpc) is 2.56. The van der Waals surface area contributed by atoms with Crippen LogP contribution in [0.3, 0.4) is 0 Å². The number of fused-ring (bicyclic) bond motifs is 1. The van der Waals surface area contributed by atoms with Crippen LogP contribution in [0.15, 0.2) is 12.1 Å². The maximum atomic E-state index is 12.3. The number of aryl methyl sites for hydroxylation is 1. The second-order valence-electron chi connectivity index (χ2n) is 6.16. The van der Waals surface area contributed by atoms with Gasteiger partial charge in [0.15, 0.2) is 0 Å². The van der Waals surface area contributed by atoms with Gasteiger partial charge in [0.1, 0.15) is 0 Å². The van der Waals surface area contributed by atoms with Gasteiger partial charge in [-0.3, -0.25) is 4.79 Å². The predicted molar refractivity (Wildman–Crippen MR) is 88.7 cm³/mol. The van der Waals surface area contributed by atoms with E-state index in [0.29, 0.717) is 26.3 Å². The molecule has 1 aromatic carbocycles. The molecule has 3 amide bonds. The molecule has 2 aliphatic rings. The van der Waals surface area contributed by atoms with Gasteiger partial charge in [0.2, 0.25) is 5.91 Å². The molecule has 1 aromatic rings. The zero-order valence-corrected chi connectivity index (χ0v) is 13.6. The summed E-state index contributed by atoms with van der Waals surface area (Å²) < 4.78 is 5.27. The van der Waals surface area contributed by atoms with E-state index in [4.69, 9.17) is 4.74 Å². The van der Waals surface area contributed by atoms with Gasteiger partial charge in [-0.2, -0.15) is 0 Å². The Balaban J connectivity index is 1.78. The summed E-state index contributed by atoms with van der Waals surface area (Å²) >= 11 is 0.